The molecule has 0 saturated heterocycles. The van der Waals surface area contributed by atoms with E-state index in [-0.39, 0.29) is 0 Å². The van der Waals surface area contributed by atoms with Crippen LogP contribution in [-0.4, -0.2) is 15.9 Å². The first-order chi connectivity index (χ1) is 7.66. The number of H-pyrrole nitrogens is 1. The molecule has 0 spiro atoms. The molecule has 1 aromatic heterocycles. The predicted molar refractivity (Wildman–Crippen MR) is 60.0 cm³/mol. The molecule has 1 aromatic carbocycles. The second kappa shape index (κ2) is 4.36. The molecule has 0 unspecified atom stereocenters. The minimum Gasteiger partial charge on any atom is -0.385 e. The first-order valence-corrected chi connectivity index (χ1v) is 5.25. The Kier molecular flexibility index (Phi) is 2.91. The third-order valence-electron chi connectivity index (χ3n) is 1.84. The molecule has 0 saturated carbocycles. The van der Waals surface area contributed by atoms with Gasteiger partial charge in [-0.3, -0.25) is 4.79 Å². The number of carbonyl (C=O) groups is 1. The lowest BCUT2D eigenvalue weighted by Gasteiger charge is -2.02. The van der Waals surface area contributed by atoms with Crippen molar-refractivity contribution in [3.05, 3.63) is 34.7 Å². The van der Waals surface area contributed by atoms with Crippen molar-refractivity contribution in [1.29, 1.82) is 0 Å². The number of benzene rings is 1. The maximum absolute atomic E-state index is 11.2. The largest absolute Gasteiger partial charge is 0.385 e. The Balaban J connectivity index is 2.50. The Bertz CT molecular complexity index is 594. The maximum atomic E-state index is 11.2. The number of para-hydroxylation sites is 1. The molecular weight excluding hydrogens is 228 g/mol. The molecule has 0 bridgehead atoms. The predicted octanol–water partition coefficient (Wildman–Crippen LogP) is 1.49. The normalized spacial score (nSPS) is 10.3. The van der Waals surface area contributed by atoms with E-state index in [0.29, 0.717) is 10.5 Å². The maximum Gasteiger partial charge on any atom is 0.346 e. The first kappa shape index (κ1) is 10.7. The second-order valence-electron chi connectivity index (χ2n) is 3.05. The van der Waals surface area contributed by atoms with E-state index in [1.165, 1.54) is 6.92 Å². The molecule has 2 aromatic rings. The highest BCUT2D eigenvalue weighted by Crippen LogP contribution is 2.23. The molecule has 82 valence electrons. The van der Waals surface area contributed by atoms with Gasteiger partial charge in [0.1, 0.15) is 12.0 Å². The van der Waals surface area contributed by atoms with Gasteiger partial charge in [-0.05, 0) is 6.07 Å². The Morgan fingerprint density at radius 2 is 2.19 bits per heavy atom. The summed E-state index contributed by atoms with van der Waals surface area (Å²) in [6, 6.07) is 7.18. The molecule has 5 nitrogen and oxygen atoms in total. The smallest absolute Gasteiger partial charge is 0.346 e. The summed E-state index contributed by atoms with van der Waals surface area (Å²) in [5, 5.41) is 1.13. The van der Waals surface area contributed by atoms with Crippen molar-refractivity contribution >= 4 is 28.9 Å². The number of hydrogen-bond donors (Lipinski definition) is 1. The van der Waals surface area contributed by atoms with E-state index in [9.17, 15) is 9.59 Å². The number of rotatable bonds is 2. The van der Waals surface area contributed by atoms with Gasteiger partial charge in [0.05, 0.1) is 5.52 Å². The number of aromatic amines is 1. The van der Waals surface area contributed by atoms with Crippen LogP contribution in [0.25, 0.3) is 10.9 Å². The minimum absolute atomic E-state index is 0.384. The molecule has 16 heavy (non-hydrogen) atoms. The van der Waals surface area contributed by atoms with E-state index in [0.717, 1.165) is 17.4 Å². The number of nitrogens with zero attached hydrogens (tertiary/aromatic N) is 1. The fourth-order valence-electron chi connectivity index (χ4n) is 1.24. The molecule has 0 fully saturated rings. The average molecular weight is 236 g/mol. The fraction of sp³-hybridized carbons (Fsp3) is 0.100. The number of carbonyl (C=O) groups excluding carboxylic acids is 1. The zero-order valence-corrected chi connectivity index (χ0v) is 9.21. The molecule has 0 amide bonds. The van der Waals surface area contributed by atoms with E-state index >= 15 is 0 Å². The van der Waals surface area contributed by atoms with Crippen molar-refractivity contribution in [3.63, 3.8) is 0 Å². The fourth-order valence-corrected chi connectivity index (χ4v) is 1.82. The average Bonchev–Trinajstić information content (AvgIpc) is 2.25. The van der Waals surface area contributed by atoms with Crippen molar-refractivity contribution in [3.8, 4) is 0 Å². The summed E-state index contributed by atoms with van der Waals surface area (Å²) in [7, 11) is 0. The van der Waals surface area contributed by atoms with Crippen LogP contribution >= 0.6 is 12.0 Å². The third-order valence-corrected chi connectivity index (χ3v) is 2.63. The molecule has 0 aliphatic carbocycles. The lowest BCUT2D eigenvalue weighted by atomic mass is 10.2. The standard InChI is InChI=1S/C10H8N2O3S/c1-6(13)15-16-9-7-4-2-3-5-8(7)11-10(14)12-9/h2-5H,1H3,(H,11,12,14). The van der Waals surface area contributed by atoms with Gasteiger partial charge in [-0.2, -0.15) is 4.98 Å². The molecular formula is C10H8N2O3S. The zero-order valence-electron chi connectivity index (χ0n) is 8.39. The van der Waals surface area contributed by atoms with E-state index < -0.39 is 11.7 Å². The Morgan fingerprint density at radius 3 is 2.94 bits per heavy atom. The van der Waals surface area contributed by atoms with Crippen molar-refractivity contribution in [2.75, 3.05) is 0 Å². The van der Waals surface area contributed by atoms with Crippen LogP contribution in [0.15, 0.2) is 34.1 Å². The van der Waals surface area contributed by atoms with Crippen molar-refractivity contribution in [2.45, 2.75) is 11.9 Å². The molecule has 1 N–H and O–H groups in total. The zero-order chi connectivity index (χ0) is 11.5. The van der Waals surface area contributed by atoms with Crippen LogP contribution < -0.4 is 5.69 Å². The van der Waals surface area contributed by atoms with Crippen LogP contribution in [0.4, 0.5) is 0 Å². The van der Waals surface area contributed by atoms with Gasteiger partial charge >= 0.3 is 11.7 Å². The van der Waals surface area contributed by atoms with Crippen LogP contribution in [0.5, 0.6) is 0 Å². The van der Waals surface area contributed by atoms with E-state index in [1.807, 2.05) is 6.07 Å². The van der Waals surface area contributed by atoms with E-state index in [2.05, 4.69) is 9.97 Å². The van der Waals surface area contributed by atoms with Gasteiger partial charge in [0.25, 0.3) is 0 Å². The molecule has 1 heterocycles. The summed E-state index contributed by atoms with van der Waals surface area (Å²) in [5.41, 5.74) is 0.200. The SMILES string of the molecule is CC(=O)OSc1nc(=O)[nH]c2ccccc12. The molecule has 0 atom stereocenters. The van der Waals surface area contributed by atoms with Crippen LogP contribution in [0.3, 0.4) is 0 Å². The van der Waals surface area contributed by atoms with Gasteiger partial charge in [0, 0.05) is 12.3 Å². The van der Waals surface area contributed by atoms with Crippen LogP contribution in [-0.2, 0) is 8.98 Å². The topological polar surface area (TPSA) is 72.0 Å². The monoisotopic (exact) mass is 236 g/mol. The molecule has 2 rings (SSSR count). The van der Waals surface area contributed by atoms with Gasteiger partial charge in [-0.15, -0.1) is 0 Å². The van der Waals surface area contributed by atoms with E-state index in [1.54, 1.807) is 18.2 Å². The second-order valence-corrected chi connectivity index (χ2v) is 3.77. The summed E-state index contributed by atoms with van der Waals surface area (Å²) in [6.45, 7) is 1.29. The summed E-state index contributed by atoms with van der Waals surface area (Å²) in [4.78, 5) is 28.3. The number of nitrogens with one attached hydrogen (secondary N) is 1. The lowest BCUT2D eigenvalue weighted by Crippen LogP contribution is -2.11. The molecule has 0 radical (unpaired) electrons. The lowest BCUT2D eigenvalue weighted by molar-refractivity contribution is -0.130. The van der Waals surface area contributed by atoms with Crippen molar-refractivity contribution in [1.82, 2.24) is 9.97 Å². The van der Waals surface area contributed by atoms with Crippen molar-refractivity contribution in [2.24, 2.45) is 0 Å². The van der Waals surface area contributed by atoms with Gasteiger partial charge in [0.2, 0.25) is 0 Å². The molecule has 6 heteroatoms. The summed E-state index contributed by atoms with van der Waals surface area (Å²) < 4.78 is 4.75. The van der Waals surface area contributed by atoms with Crippen LogP contribution in [0.1, 0.15) is 6.92 Å². The highest BCUT2D eigenvalue weighted by Gasteiger charge is 2.07. The first-order valence-electron chi connectivity index (χ1n) is 4.51. The van der Waals surface area contributed by atoms with Gasteiger partial charge in [-0.1, -0.05) is 18.2 Å². The van der Waals surface area contributed by atoms with Gasteiger partial charge in [-0.25, -0.2) is 4.79 Å². The summed E-state index contributed by atoms with van der Waals surface area (Å²) in [6.07, 6.45) is 0. The highest BCUT2D eigenvalue weighted by molar-refractivity contribution is 7.95. The van der Waals surface area contributed by atoms with Crippen LogP contribution in [0, 0.1) is 0 Å². The number of fused-ring (bicyclic) bond motifs is 1. The number of aromatic nitrogens is 2. The summed E-state index contributed by atoms with van der Waals surface area (Å²) in [5.74, 6) is -0.434. The van der Waals surface area contributed by atoms with E-state index in [4.69, 9.17) is 4.18 Å². The van der Waals surface area contributed by atoms with Crippen molar-refractivity contribution < 1.29 is 8.98 Å². The summed E-state index contributed by atoms with van der Waals surface area (Å²) >= 11 is 0.792. The minimum atomic E-state index is -0.464. The molecule has 0 aliphatic heterocycles. The Labute approximate surface area is 95.1 Å². The molecule has 0 aliphatic rings. The Hall–Kier alpha value is -1.82. The van der Waals surface area contributed by atoms with Gasteiger partial charge in [0.15, 0.2) is 5.03 Å². The Morgan fingerprint density at radius 1 is 1.44 bits per heavy atom. The van der Waals surface area contributed by atoms with Gasteiger partial charge < -0.3 is 9.17 Å². The third kappa shape index (κ3) is 2.22. The quantitative estimate of drug-likeness (QED) is 0.631. The number of hydrogen-bond acceptors (Lipinski definition) is 5. The highest BCUT2D eigenvalue weighted by atomic mass is 32.2. The van der Waals surface area contributed by atoms with Crippen LogP contribution in [0.2, 0.25) is 0 Å².